The van der Waals surface area contributed by atoms with Gasteiger partial charge in [0.05, 0.1) is 24.8 Å². The van der Waals surface area contributed by atoms with Crippen LogP contribution in [0.2, 0.25) is 0 Å². The molecule has 13 heavy (non-hydrogen) atoms. The average molecular weight is 188 g/mol. The average Bonchev–Trinajstić information content (AvgIpc) is 2.08. The molecule has 1 fully saturated rings. The molecule has 1 heterocycles. The van der Waals surface area contributed by atoms with E-state index in [1.165, 1.54) is 6.92 Å². The second kappa shape index (κ2) is 4.55. The second-order valence-corrected chi connectivity index (χ2v) is 3.33. The van der Waals surface area contributed by atoms with Crippen LogP contribution in [0, 0.1) is 0 Å². The number of amides is 1. The Hall–Kier alpha value is -0.650. The van der Waals surface area contributed by atoms with Crippen LogP contribution in [-0.4, -0.2) is 47.5 Å². The zero-order valence-electron chi connectivity index (χ0n) is 7.66. The van der Waals surface area contributed by atoms with Crippen LogP contribution in [0.1, 0.15) is 13.3 Å². The molecule has 5 heteroatoms. The molecule has 1 aliphatic heterocycles. The molecule has 1 saturated heterocycles. The van der Waals surface area contributed by atoms with Crippen molar-refractivity contribution in [3.63, 3.8) is 0 Å². The van der Waals surface area contributed by atoms with Gasteiger partial charge in [0.2, 0.25) is 5.91 Å². The van der Waals surface area contributed by atoms with Gasteiger partial charge in [-0.2, -0.15) is 0 Å². The molecule has 0 saturated carbocycles. The SMILES string of the molecule is CC(=O)N[C@H]1CCN[C@@H](CO)[C@H]1O. The van der Waals surface area contributed by atoms with Crippen molar-refractivity contribution in [1.29, 1.82) is 0 Å². The molecule has 0 aliphatic carbocycles. The predicted octanol–water partition coefficient (Wildman–Crippen LogP) is -1.79. The first-order valence-corrected chi connectivity index (χ1v) is 4.44. The van der Waals surface area contributed by atoms with Crippen molar-refractivity contribution in [2.45, 2.75) is 31.5 Å². The second-order valence-electron chi connectivity index (χ2n) is 3.33. The Kier molecular flexibility index (Phi) is 3.65. The molecule has 0 bridgehead atoms. The molecule has 1 rings (SSSR count). The molecule has 0 radical (unpaired) electrons. The lowest BCUT2D eigenvalue weighted by Crippen LogP contribution is -2.59. The highest BCUT2D eigenvalue weighted by Crippen LogP contribution is 2.09. The van der Waals surface area contributed by atoms with Gasteiger partial charge in [0.15, 0.2) is 0 Å². The zero-order valence-corrected chi connectivity index (χ0v) is 7.66. The van der Waals surface area contributed by atoms with Gasteiger partial charge >= 0.3 is 0 Å². The van der Waals surface area contributed by atoms with Gasteiger partial charge in [-0.25, -0.2) is 0 Å². The maximum atomic E-state index is 10.7. The number of carbonyl (C=O) groups excluding carboxylic acids is 1. The van der Waals surface area contributed by atoms with Crippen molar-refractivity contribution >= 4 is 5.91 Å². The summed E-state index contributed by atoms with van der Waals surface area (Å²) in [5.41, 5.74) is 0. The highest BCUT2D eigenvalue weighted by Gasteiger charge is 2.31. The first-order valence-electron chi connectivity index (χ1n) is 4.44. The Balaban J connectivity index is 2.49. The maximum Gasteiger partial charge on any atom is 0.217 e. The molecule has 76 valence electrons. The van der Waals surface area contributed by atoms with Crippen molar-refractivity contribution in [2.24, 2.45) is 0 Å². The first kappa shape index (κ1) is 10.4. The molecule has 1 amide bonds. The highest BCUT2D eigenvalue weighted by atomic mass is 16.3. The minimum absolute atomic E-state index is 0.114. The maximum absolute atomic E-state index is 10.7. The van der Waals surface area contributed by atoms with E-state index in [0.29, 0.717) is 13.0 Å². The fraction of sp³-hybridized carbons (Fsp3) is 0.875. The number of rotatable bonds is 2. The molecule has 0 aromatic heterocycles. The summed E-state index contributed by atoms with van der Waals surface area (Å²) in [6.45, 7) is 2.01. The van der Waals surface area contributed by atoms with Gasteiger partial charge in [-0.3, -0.25) is 4.79 Å². The van der Waals surface area contributed by atoms with Gasteiger partial charge in [-0.05, 0) is 13.0 Å². The minimum atomic E-state index is -0.706. The van der Waals surface area contributed by atoms with E-state index in [4.69, 9.17) is 5.11 Å². The van der Waals surface area contributed by atoms with E-state index in [1.54, 1.807) is 0 Å². The normalized spacial score (nSPS) is 34.2. The van der Waals surface area contributed by atoms with Gasteiger partial charge in [-0.15, -0.1) is 0 Å². The lowest BCUT2D eigenvalue weighted by atomic mass is 9.96. The molecular weight excluding hydrogens is 172 g/mol. The molecule has 0 aromatic carbocycles. The number of aliphatic hydroxyl groups excluding tert-OH is 2. The van der Waals surface area contributed by atoms with Crippen molar-refractivity contribution in [3.8, 4) is 0 Å². The minimum Gasteiger partial charge on any atom is -0.395 e. The lowest BCUT2D eigenvalue weighted by Gasteiger charge is -2.34. The van der Waals surface area contributed by atoms with Crippen molar-refractivity contribution < 1.29 is 15.0 Å². The fourth-order valence-electron chi connectivity index (χ4n) is 1.59. The topological polar surface area (TPSA) is 81.6 Å². The predicted molar refractivity (Wildman–Crippen MR) is 47.1 cm³/mol. The van der Waals surface area contributed by atoms with Crippen LogP contribution in [0.15, 0.2) is 0 Å². The monoisotopic (exact) mass is 188 g/mol. The Morgan fingerprint density at radius 3 is 2.92 bits per heavy atom. The van der Waals surface area contributed by atoms with Crippen LogP contribution in [0.5, 0.6) is 0 Å². The van der Waals surface area contributed by atoms with E-state index in [-0.39, 0.29) is 24.6 Å². The first-order chi connectivity index (χ1) is 6.15. The van der Waals surface area contributed by atoms with Crippen molar-refractivity contribution in [1.82, 2.24) is 10.6 Å². The fourth-order valence-corrected chi connectivity index (χ4v) is 1.59. The molecule has 0 spiro atoms. The van der Waals surface area contributed by atoms with Gasteiger partial charge in [0, 0.05) is 6.92 Å². The number of hydrogen-bond acceptors (Lipinski definition) is 4. The van der Waals surface area contributed by atoms with Gasteiger partial charge in [0.1, 0.15) is 0 Å². The van der Waals surface area contributed by atoms with Crippen molar-refractivity contribution in [2.75, 3.05) is 13.2 Å². The Morgan fingerprint density at radius 2 is 2.38 bits per heavy atom. The quantitative estimate of drug-likeness (QED) is 0.412. The summed E-state index contributed by atoms with van der Waals surface area (Å²) in [6, 6.07) is -0.568. The van der Waals surface area contributed by atoms with Crippen LogP contribution < -0.4 is 10.6 Å². The number of nitrogens with one attached hydrogen (secondary N) is 2. The standard InChI is InChI=1S/C8H16N2O3/c1-5(12)10-6-2-3-9-7(4-11)8(6)13/h6-9,11,13H,2-4H2,1H3,(H,10,12)/t6-,7-,8-/m0/s1. The molecule has 0 aromatic rings. The molecular formula is C8H16N2O3. The van der Waals surface area contributed by atoms with Crippen LogP contribution >= 0.6 is 0 Å². The summed E-state index contributed by atoms with van der Waals surface area (Å²) < 4.78 is 0. The molecule has 0 unspecified atom stereocenters. The molecule has 1 aliphatic rings. The highest BCUT2D eigenvalue weighted by molar-refractivity contribution is 5.73. The Labute approximate surface area is 77.1 Å². The van der Waals surface area contributed by atoms with E-state index in [1.807, 2.05) is 0 Å². The van der Waals surface area contributed by atoms with Crippen molar-refractivity contribution in [3.05, 3.63) is 0 Å². The summed E-state index contributed by atoms with van der Waals surface area (Å²) in [5, 5.41) is 24.1. The van der Waals surface area contributed by atoms with Crippen LogP contribution in [0.3, 0.4) is 0 Å². The zero-order chi connectivity index (χ0) is 9.84. The third kappa shape index (κ3) is 2.65. The summed E-state index contributed by atoms with van der Waals surface area (Å²) in [4.78, 5) is 10.7. The molecule has 4 N–H and O–H groups in total. The third-order valence-electron chi connectivity index (χ3n) is 2.27. The lowest BCUT2D eigenvalue weighted by molar-refractivity contribution is -0.121. The van der Waals surface area contributed by atoms with Gasteiger partial charge in [-0.1, -0.05) is 0 Å². The van der Waals surface area contributed by atoms with E-state index in [2.05, 4.69) is 10.6 Å². The largest absolute Gasteiger partial charge is 0.395 e. The summed E-state index contributed by atoms with van der Waals surface area (Å²) in [5.74, 6) is -0.150. The number of carbonyl (C=O) groups is 1. The van der Waals surface area contributed by atoms with E-state index >= 15 is 0 Å². The van der Waals surface area contributed by atoms with E-state index in [0.717, 1.165) is 0 Å². The molecule has 5 nitrogen and oxygen atoms in total. The van der Waals surface area contributed by atoms with Crippen LogP contribution in [0.4, 0.5) is 0 Å². The number of aliphatic hydroxyl groups is 2. The Morgan fingerprint density at radius 1 is 1.69 bits per heavy atom. The van der Waals surface area contributed by atoms with Gasteiger partial charge in [0.25, 0.3) is 0 Å². The smallest absolute Gasteiger partial charge is 0.217 e. The summed E-state index contributed by atoms with van der Waals surface area (Å²) in [6.07, 6.45) is -0.0142. The van der Waals surface area contributed by atoms with Gasteiger partial charge < -0.3 is 20.8 Å². The Bertz CT molecular complexity index is 186. The number of piperidine rings is 1. The third-order valence-corrected chi connectivity index (χ3v) is 2.27. The van der Waals surface area contributed by atoms with Crippen LogP contribution in [0.25, 0.3) is 0 Å². The van der Waals surface area contributed by atoms with E-state index in [9.17, 15) is 9.90 Å². The molecule has 3 atom stereocenters. The van der Waals surface area contributed by atoms with Crippen LogP contribution in [-0.2, 0) is 4.79 Å². The number of hydrogen-bond donors (Lipinski definition) is 4. The summed E-state index contributed by atoms with van der Waals surface area (Å²) >= 11 is 0. The summed E-state index contributed by atoms with van der Waals surface area (Å²) in [7, 11) is 0. The van der Waals surface area contributed by atoms with E-state index < -0.39 is 6.10 Å².